The van der Waals surface area contributed by atoms with E-state index in [0.29, 0.717) is 5.56 Å². The zero-order valence-electron chi connectivity index (χ0n) is 21.3. The molecule has 5 heteroatoms. The lowest BCUT2D eigenvalue weighted by atomic mass is 9.77. The van der Waals surface area contributed by atoms with Gasteiger partial charge in [-0.25, -0.2) is 4.79 Å². The highest BCUT2D eigenvalue weighted by molar-refractivity contribution is 5.97. The van der Waals surface area contributed by atoms with Gasteiger partial charge in [0.1, 0.15) is 0 Å². The summed E-state index contributed by atoms with van der Waals surface area (Å²) in [7, 11) is 8.01. The standard InChI is InChI=1S/C29H35N3O2/c1-8-32(9-2)24-13-10-20(3)27(19-24)29(21-11-14-22(15-12-21)30(4)5)26-17-16-23(31(6)7)18-25(26)28(33)34-29/h10-19H,8-9H2,1-7H3. The summed E-state index contributed by atoms with van der Waals surface area (Å²) < 4.78 is 6.42. The average molecular weight is 458 g/mol. The molecule has 0 radical (unpaired) electrons. The number of esters is 1. The number of cyclic esters (lactones) is 1. The van der Waals surface area contributed by atoms with Crippen LogP contribution in [-0.2, 0) is 10.3 Å². The van der Waals surface area contributed by atoms with Crippen LogP contribution in [0.15, 0.2) is 60.7 Å². The van der Waals surface area contributed by atoms with Gasteiger partial charge >= 0.3 is 5.97 Å². The molecule has 178 valence electrons. The maximum atomic E-state index is 13.4. The first-order chi connectivity index (χ1) is 16.2. The van der Waals surface area contributed by atoms with Gasteiger partial charge in [-0.05, 0) is 62.7 Å². The molecular formula is C29H35N3O2. The van der Waals surface area contributed by atoms with Gasteiger partial charge in [0.15, 0.2) is 5.60 Å². The van der Waals surface area contributed by atoms with Crippen LogP contribution < -0.4 is 14.7 Å². The van der Waals surface area contributed by atoms with Crippen LogP contribution in [0.1, 0.15) is 46.5 Å². The number of benzene rings is 3. The summed E-state index contributed by atoms with van der Waals surface area (Å²) >= 11 is 0. The number of rotatable bonds is 7. The Balaban J connectivity index is 2.01. The number of fused-ring (bicyclic) bond motifs is 1. The molecule has 1 aliphatic rings. The normalized spacial score (nSPS) is 16.7. The van der Waals surface area contributed by atoms with E-state index in [2.05, 4.69) is 85.2 Å². The number of nitrogens with zero attached hydrogens (tertiary/aromatic N) is 3. The van der Waals surface area contributed by atoms with Crippen molar-refractivity contribution in [1.29, 1.82) is 0 Å². The van der Waals surface area contributed by atoms with E-state index in [9.17, 15) is 4.79 Å². The maximum Gasteiger partial charge on any atom is 0.340 e. The molecule has 1 heterocycles. The molecule has 1 atom stereocenters. The van der Waals surface area contributed by atoms with E-state index in [1.54, 1.807) is 0 Å². The lowest BCUT2D eigenvalue weighted by Crippen LogP contribution is -2.31. The van der Waals surface area contributed by atoms with Crippen LogP contribution in [-0.4, -0.2) is 47.2 Å². The van der Waals surface area contributed by atoms with E-state index in [0.717, 1.165) is 52.4 Å². The maximum absolute atomic E-state index is 13.4. The van der Waals surface area contributed by atoms with Crippen molar-refractivity contribution >= 4 is 23.0 Å². The Kier molecular flexibility index (Phi) is 6.30. The zero-order valence-corrected chi connectivity index (χ0v) is 21.3. The molecule has 0 aliphatic carbocycles. The van der Waals surface area contributed by atoms with E-state index in [1.165, 1.54) is 0 Å². The van der Waals surface area contributed by atoms with Crippen molar-refractivity contribution in [3.05, 3.63) is 88.5 Å². The fourth-order valence-corrected chi connectivity index (χ4v) is 4.87. The molecule has 1 aliphatic heterocycles. The largest absolute Gasteiger partial charge is 0.441 e. The van der Waals surface area contributed by atoms with Crippen molar-refractivity contribution in [2.24, 2.45) is 0 Å². The monoisotopic (exact) mass is 457 g/mol. The lowest BCUT2D eigenvalue weighted by Gasteiger charge is -2.33. The smallest absolute Gasteiger partial charge is 0.340 e. The number of hydrogen-bond donors (Lipinski definition) is 0. The summed E-state index contributed by atoms with van der Waals surface area (Å²) in [6.45, 7) is 8.23. The molecule has 0 fully saturated rings. The van der Waals surface area contributed by atoms with Gasteiger partial charge in [-0.1, -0.05) is 24.3 Å². The summed E-state index contributed by atoms with van der Waals surface area (Å²) in [6, 6.07) is 20.9. The number of aryl methyl sites for hydroxylation is 1. The Bertz CT molecular complexity index is 1200. The minimum Gasteiger partial charge on any atom is -0.441 e. The fourth-order valence-electron chi connectivity index (χ4n) is 4.87. The highest BCUT2D eigenvalue weighted by atomic mass is 16.6. The summed E-state index contributed by atoms with van der Waals surface area (Å²) in [5.41, 5.74) is 6.74. The Hall–Kier alpha value is -3.47. The second kappa shape index (κ2) is 9.05. The molecule has 0 amide bonds. The molecule has 3 aromatic rings. The molecule has 0 saturated carbocycles. The average Bonchev–Trinajstić information content (AvgIpc) is 3.13. The van der Waals surface area contributed by atoms with Crippen LogP contribution in [0.25, 0.3) is 0 Å². The Morgan fingerprint density at radius 1 is 0.735 bits per heavy atom. The lowest BCUT2D eigenvalue weighted by molar-refractivity contribution is 0.0250. The number of ether oxygens (including phenoxy) is 1. The minimum absolute atomic E-state index is 0.289. The third-order valence-corrected chi connectivity index (χ3v) is 6.88. The number of hydrogen-bond acceptors (Lipinski definition) is 5. The third kappa shape index (κ3) is 3.79. The fraction of sp³-hybridized carbons (Fsp3) is 0.345. The summed E-state index contributed by atoms with van der Waals surface area (Å²) in [5, 5.41) is 0. The first kappa shape index (κ1) is 23.7. The van der Waals surface area contributed by atoms with Crippen LogP contribution >= 0.6 is 0 Å². The Morgan fingerprint density at radius 3 is 1.91 bits per heavy atom. The zero-order chi connectivity index (χ0) is 24.6. The minimum atomic E-state index is -1.00. The molecule has 0 saturated heterocycles. The first-order valence-electron chi connectivity index (χ1n) is 11.9. The predicted molar refractivity (Wildman–Crippen MR) is 142 cm³/mol. The topological polar surface area (TPSA) is 36.0 Å². The van der Waals surface area contributed by atoms with Crippen molar-refractivity contribution < 1.29 is 9.53 Å². The van der Waals surface area contributed by atoms with Gasteiger partial charge in [-0.3, -0.25) is 0 Å². The van der Waals surface area contributed by atoms with Gasteiger partial charge in [0, 0.05) is 75.0 Å². The summed E-state index contributed by atoms with van der Waals surface area (Å²) in [5.74, 6) is -0.289. The van der Waals surface area contributed by atoms with E-state index < -0.39 is 5.60 Å². The van der Waals surface area contributed by atoms with Crippen LogP contribution in [0.5, 0.6) is 0 Å². The van der Waals surface area contributed by atoms with Crippen molar-refractivity contribution in [3.63, 3.8) is 0 Å². The van der Waals surface area contributed by atoms with E-state index >= 15 is 0 Å². The predicted octanol–water partition coefficient (Wildman–Crippen LogP) is 5.44. The van der Waals surface area contributed by atoms with Gasteiger partial charge in [-0.2, -0.15) is 0 Å². The van der Waals surface area contributed by atoms with Crippen LogP contribution in [0.2, 0.25) is 0 Å². The van der Waals surface area contributed by atoms with E-state index in [4.69, 9.17) is 4.74 Å². The van der Waals surface area contributed by atoms with Crippen molar-refractivity contribution in [2.45, 2.75) is 26.4 Å². The molecule has 5 nitrogen and oxygen atoms in total. The van der Waals surface area contributed by atoms with Crippen molar-refractivity contribution in [3.8, 4) is 0 Å². The Morgan fingerprint density at radius 2 is 1.32 bits per heavy atom. The second-order valence-electron chi connectivity index (χ2n) is 9.31. The molecule has 0 aromatic heterocycles. The molecule has 1 unspecified atom stereocenters. The Labute approximate surface area is 203 Å². The van der Waals surface area contributed by atoms with Crippen molar-refractivity contribution in [2.75, 3.05) is 56.0 Å². The third-order valence-electron chi connectivity index (χ3n) is 6.88. The molecule has 0 spiro atoms. The van der Waals surface area contributed by atoms with Gasteiger partial charge in [-0.15, -0.1) is 0 Å². The van der Waals surface area contributed by atoms with Gasteiger partial charge in [0.25, 0.3) is 0 Å². The summed E-state index contributed by atoms with van der Waals surface area (Å²) in [4.78, 5) is 19.8. The van der Waals surface area contributed by atoms with Gasteiger partial charge < -0.3 is 19.4 Å². The quantitative estimate of drug-likeness (QED) is 0.442. The highest BCUT2D eigenvalue weighted by Gasteiger charge is 2.49. The number of carbonyl (C=O) groups is 1. The summed E-state index contributed by atoms with van der Waals surface area (Å²) in [6.07, 6.45) is 0. The van der Waals surface area contributed by atoms with Gasteiger partial charge in [0.2, 0.25) is 0 Å². The van der Waals surface area contributed by atoms with E-state index in [1.807, 2.05) is 39.2 Å². The molecule has 0 bridgehead atoms. The molecule has 34 heavy (non-hydrogen) atoms. The second-order valence-corrected chi connectivity index (χ2v) is 9.31. The number of carbonyl (C=O) groups excluding carboxylic acids is 1. The SMILES string of the molecule is CCN(CC)c1ccc(C)c(C2(c3ccc(N(C)C)cc3)OC(=O)c3cc(N(C)C)ccc32)c1. The van der Waals surface area contributed by atoms with Crippen LogP contribution in [0, 0.1) is 6.92 Å². The van der Waals surface area contributed by atoms with Crippen LogP contribution in [0.4, 0.5) is 17.1 Å². The highest BCUT2D eigenvalue weighted by Crippen LogP contribution is 2.49. The molecule has 4 rings (SSSR count). The molecule has 3 aromatic carbocycles. The van der Waals surface area contributed by atoms with E-state index in [-0.39, 0.29) is 5.97 Å². The van der Waals surface area contributed by atoms with Gasteiger partial charge in [0.05, 0.1) is 5.56 Å². The number of anilines is 3. The van der Waals surface area contributed by atoms with Crippen molar-refractivity contribution in [1.82, 2.24) is 0 Å². The molecule has 0 N–H and O–H groups in total. The first-order valence-corrected chi connectivity index (χ1v) is 11.9. The molecular weight excluding hydrogens is 422 g/mol. The van der Waals surface area contributed by atoms with Crippen LogP contribution in [0.3, 0.4) is 0 Å².